The molecule has 0 fully saturated rings. The van der Waals surface area contributed by atoms with E-state index in [1.165, 1.54) is 70.8 Å². The van der Waals surface area contributed by atoms with E-state index in [1.54, 1.807) is 0 Å². The minimum atomic E-state index is -4.75. The number of carbonyl (C=O) groups is 1. The van der Waals surface area contributed by atoms with Crippen molar-refractivity contribution in [3.05, 3.63) is 0 Å². The average Bonchev–Trinajstić information content (AvgIpc) is 2.63. The van der Waals surface area contributed by atoms with Gasteiger partial charge in [0.05, 0.1) is 27.7 Å². The van der Waals surface area contributed by atoms with Crippen molar-refractivity contribution in [1.29, 1.82) is 0 Å². The Hall–Kier alpha value is -0.500. The van der Waals surface area contributed by atoms with Crippen LogP contribution in [0.1, 0.15) is 104 Å². The number of hydrogen-bond acceptors (Lipinski definition) is 5. The highest BCUT2D eigenvalue weighted by molar-refractivity contribution is 7.80. The number of Topliss-reactive ketones (excluding diaryl/α,β-unsaturated/α-hetero) is 1. The van der Waals surface area contributed by atoms with Crippen molar-refractivity contribution in [3.8, 4) is 0 Å². The van der Waals surface area contributed by atoms with Gasteiger partial charge in [0.1, 0.15) is 6.61 Å². The van der Waals surface area contributed by atoms with E-state index in [0.29, 0.717) is 0 Å². The molecule has 0 saturated heterocycles. The van der Waals surface area contributed by atoms with Crippen LogP contribution in [0.25, 0.3) is 0 Å². The van der Waals surface area contributed by atoms with Crippen LogP contribution in [0.5, 0.6) is 0 Å². The third kappa shape index (κ3) is 32.4. The summed E-state index contributed by atoms with van der Waals surface area (Å²) in [7, 11) is 1.79. The lowest BCUT2D eigenvalue weighted by atomic mass is 10.0. The Morgan fingerprint density at radius 2 is 1.10 bits per heavy atom. The van der Waals surface area contributed by atoms with Crippen LogP contribution in [-0.2, 0) is 19.4 Å². The molecule has 0 spiro atoms. The van der Waals surface area contributed by atoms with E-state index in [2.05, 4.69) is 39.2 Å². The molecule has 0 heterocycles. The highest BCUT2D eigenvalue weighted by Crippen LogP contribution is 2.13. The highest BCUT2D eigenvalue weighted by atomic mass is 32.3. The monoisotopic (exact) mass is 437 g/mol. The predicted octanol–water partition coefficient (Wildman–Crippen LogP) is 5.23. The Morgan fingerprint density at radius 3 is 1.41 bits per heavy atom. The molecule has 0 radical (unpaired) electrons. The zero-order valence-corrected chi connectivity index (χ0v) is 20.5. The van der Waals surface area contributed by atoms with E-state index in [0.717, 1.165) is 23.7 Å². The van der Waals surface area contributed by atoms with Gasteiger partial charge in [-0.05, 0) is 13.3 Å². The number of hydrogen-bond donors (Lipinski definition) is 0. The molecule has 0 aliphatic rings. The van der Waals surface area contributed by atoms with Gasteiger partial charge in [-0.3, -0.25) is 8.98 Å². The zero-order valence-electron chi connectivity index (χ0n) is 19.7. The van der Waals surface area contributed by atoms with Crippen LogP contribution in [0, 0.1) is 0 Å². The first kappa shape index (κ1) is 30.7. The summed E-state index contributed by atoms with van der Waals surface area (Å²) < 4.78 is 35.6. The fraction of sp³-hybridized carbons (Fsp3) is 0.955. The first-order chi connectivity index (χ1) is 13.5. The van der Waals surface area contributed by atoms with Crippen molar-refractivity contribution in [1.82, 2.24) is 0 Å². The summed E-state index contributed by atoms with van der Waals surface area (Å²) in [5.41, 5.74) is 0. The second-order valence-corrected chi connectivity index (χ2v) is 9.86. The molecule has 0 unspecified atom stereocenters. The summed E-state index contributed by atoms with van der Waals surface area (Å²) in [5, 5.41) is 0. The number of nitrogens with zero attached hydrogens (tertiary/aromatic N) is 1. The second kappa shape index (κ2) is 19.5. The minimum absolute atomic E-state index is 0.285. The van der Waals surface area contributed by atoms with Crippen LogP contribution in [0.3, 0.4) is 0 Å². The van der Waals surface area contributed by atoms with Crippen LogP contribution in [-0.4, -0.2) is 57.5 Å². The molecular weight excluding hydrogens is 390 g/mol. The second-order valence-electron chi connectivity index (χ2n) is 8.81. The molecule has 0 N–H and O–H groups in total. The maximum absolute atomic E-state index is 11.3. The van der Waals surface area contributed by atoms with E-state index < -0.39 is 17.0 Å². The summed E-state index contributed by atoms with van der Waals surface area (Å²) >= 11 is 0. The van der Waals surface area contributed by atoms with Crippen molar-refractivity contribution in [2.75, 3.05) is 34.3 Å². The number of carbonyl (C=O) groups excluding carboxylic acids is 1. The van der Waals surface area contributed by atoms with E-state index in [4.69, 9.17) is 0 Å². The van der Waals surface area contributed by atoms with Gasteiger partial charge in [-0.2, -0.15) is 0 Å². The third-order valence-corrected chi connectivity index (χ3v) is 5.28. The fourth-order valence-corrected chi connectivity index (χ4v) is 2.83. The van der Waals surface area contributed by atoms with Gasteiger partial charge in [-0.15, -0.1) is 0 Å². The van der Waals surface area contributed by atoms with Gasteiger partial charge in [0.2, 0.25) is 10.4 Å². The summed E-state index contributed by atoms with van der Waals surface area (Å²) in [4.78, 5) is 11.3. The zero-order chi connectivity index (χ0) is 22.6. The molecule has 0 aromatic rings. The predicted molar refractivity (Wildman–Crippen MR) is 120 cm³/mol. The molecule has 176 valence electrons. The normalized spacial score (nSPS) is 11.8. The van der Waals surface area contributed by atoms with E-state index >= 15 is 0 Å². The molecule has 6 nitrogen and oxygen atoms in total. The molecule has 7 heteroatoms. The molecule has 0 rings (SSSR count). The largest absolute Gasteiger partial charge is 0.726 e. The first-order valence-corrected chi connectivity index (χ1v) is 12.8. The van der Waals surface area contributed by atoms with Gasteiger partial charge in [-0.25, -0.2) is 8.42 Å². The Morgan fingerprint density at radius 1 is 0.759 bits per heavy atom. The molecule has 0 aromatic heterocycles. The van der Waals surface area contributed by atoms with E-state index in [9.17, 15) is 17.8 Å². The van der Waals surface area contributed by atoms with Gasteiger partial charge in [0.25, 0.3) is 0 Å². The van der Waals surface area contributed by atoms with Crippen molar-refractivity contribution >= 4 is 16.2 Å². The maximum atomic E-state index is 11.3. The molecule has 0 bridgehead atoms. The third-order valence-electron chi connectivity index (χ3n) is 4.87. The molecule has 0 amide bonds. The smallest absolute Gasteiger partial charge is 0.218 e. The van der Waals surface area contributed by atoms with Crippen molar-refractivity contribution in [3.63, 3.8) is 0 Å². The van der Waals surface area contributed by atoms with E-state index in [-0.39, 0.29) is 12.2 Å². The minimum Gasteiger partial charge on any atom is -0.726 e. The summed E-state index contributed by atoms with van der Waals surface area (Å²) in [6.07, 6.45) is 16.3. The highest BCUT2D eigenvalue weighted by Gasteiger charge is 2.04. The van der Waals surface area contributed by atoms with Gasteiger partial charge >= 0.3 is 0 Å². The standard InChI is InChI=1S/C17H34O5S.C5H14N/c1-2-3-4-5-6-7-8-9-10-11-12-13-14-15-17(18)16-22-23(19,20)21;1-5-6(2,3)4/h2-16H2,1H3,(H,19,20,21);5H2,1-4H3/q;+1/p-1. The summed E-state index contributed by atoms with van der Waals surface area (Å²) in [6.45, 7) is 5.00. The van der Waals surface area contributed by atoms with Crippen LogP contribution >= 0.6 is 0 Å². The molecule has 29 heavy (non-hydrogen) atoms. The van der Waals surface area contributed by atoms with Crippen molar-refractivity contribution < 1.29 is 26.4 Å². The van der Waals surface area contributed by atoms with Crippen LogP contribution in [0.2, 0.25) is 0 Å². The van der Waals surface area contributed by atoms with Gasteiger partial charge in [0, 0.05) is 6.42 Å². The van der Waals surface area contributed by atoms with Crippen molar-refractivity contribution in [2.24, 2.45) is 0 Å². The molecule has 0 aromatic carbocycles. The molecule has 0 aliphatic carbocycles. The van der Waals surface area contributed by atoms with E-state index in [1.807, 2.05) is 0 Å². The summed E-state index contributed by atoms with van der Waals surface area (Å²) in [5.74, 6) is -0.326. The lowest BCUT2D eigenvalue weighted by Gasteiger charge is -2.20. The van der Waals surface area contributed by atoms with Crippen LogP contribution in [0.15, 0.2) is 0 Å². The molecular formula is C22H47NO5S. The van der Waals surface area contributed by atoms with Gasteiger partial charge < -0.3 is 9.04 Å². The molecule has 0 saturated carbocycles. The first-order valence-electron chi connectivity index (χ1n) is 11.4. The molecule has 0 aliphatic heterocycles. The van der Waals surface area contributed by atoms with Crippen molar-refractivity contribution in [2.45, 2.75) is 104 Å². The lowest BCUT2D eigenvalue weighted by molar-refractivity contribution is -0.868. The SMILES string of the molecule is CCCCCCCCCCCCCCCC(=O)COS(=O)(=O)[O-].CC[N+](C)(C)C. The summed E-state index contributed by atoms with van der Waals surface area (Å²) in [6, 6.07) is 0. The maximum Gasteiger partial charge on any atom is 0.218 e. The van der Waals surface area contributed by atoms with Crippen LogP contribution in [0.4, 0.5) is 0 Å². The lowest BCUT2D eigenvalue weighted by Crippen LogP contribution is -2.33. The molecule has 0 atom stereocenters. The number of ketones is 1. The number of rotatable bonds is 18. The van der Waals surface area contributed by atoms with Crippen LogP contribution < -0.4 is 0 Å². The average molecular weight is 438 g/mol. The number of unbranched alkanes of at least 4 members (excludes halogenated alkanes) is 12. The fourth-order valence-electron chi connectivity index (χ4n) is 2.55. The quantitative estimate of drug-likeness (QED) is 0.127. The number of quaternary nitrogens is 1. The Bertz CT molecular complexity index is 472. The Balaban J connectivity index is 0. The van der Waals surface area contributed by atoms with Gasteiger partial charge in [0.15, 0.2) is 5.78 Å². The Kier molecular flexibility index (Phi) is 20.6. The Labute approximate surface area is 180 Å². The van der Waals surface area contributed by atoms with Gasteiger partial charge in [-0.1, -0.05) is 84.0 Å². The topological polar surface area (TPSA) is 83.5 Å².